The number of nitrogens with one attached hydrogen (secondary N) is 1. The summed E-state index contributed by atoms with van der Waals surface area (Å²) >= 11 is 0. The minimum absolute atomic E-state index is 0.126. The van der Waals surface area contributed by atoms with E-state index in [4.69, 9.17) is 11.0 Å². The van der Waals surface area contributed by atoms with Gasteiger partial charge in [0.05, 0.1) is 12.5 Å². The molecule has 0 bridgehead atoms. The van der Waals surface area contributed by atoms with E-state index in [1.165, 1.54) is 0 Å². The Bertz CT molecular complexity index is 433. The monoisotopic (exact) mass is 245 g/mol. The summed E-state index contributed by atoms with van der Waals surface area (Å²) in [4.78, 5) is 11.9. The van der Waals surface area contributed by atoms with Gasteiger partial charge in [-0.25, -0.2) is 0 Å². The quantitative estimate of drug-likeness (QED) is 0.830. The summed E-state index contributed by atoms with van der Waals surface area (Å²) in [6, 6.07) is 8.80. The predicted molar refractivity (Wildman–Crippen MR) is 70.6 cm³/mol. The lowest BCUT2D eigenvalue weighted by molar-refractivity contribution is -0.123. The number of nitriles is 1. The first-order valence-corrected chi connectivity index (χ1v) is 6.08. The van der Waals surface area contributed by atoms with Crippen LogP contribution in [0.15, 0.2) is 24.3 Å². The van der Waals surface area contributed by atoms with E-state index in [1.807, 2.05) is 38.1 Å². The third kappa shape index (κ3) is 3.86. The van der Waals surface area contributed by atoms with E-state index >= 15 is 0 Å². The van der Waals surface area contributed by atoms with Crippen molar-refractivity contribution in [2.75, 3.05) is 0 Å². The Morgan fingerprint density at radius 2 is 2.06 bits per heavy atom. The maximum atomic E-state index is 11.9. The van der Waals surface area contributed by atoms with Crippen LogP contribution in [0.4, 0.5) is 0 Å². The highest BCUT2D eigenvalue weighted by Gasteiger charge is 2.18. The number of carbonyl (C=O) groups is 1. The summed E-state index contributed by atoms with van der Waals surface area (Å²) in [6.07, 6.45) is 1.03. The fourth-order valence-electron chi connectivity index (χ4n) is 1.62. The molecule has 4 nitrogen and oxygen atoms in total. The largest absolute Gasteiger partial charge is 0.351 e. The van der Waals surface area contributed by atoms with Gasteiger partial charge < -0.3 is 11.1 Å². The second-order valence-electron chi connectivity index (χ2n) is 4.36. The standard InChI is InChI=1S/C14H19N3O/c1-3-12(8-9-15)17-14(18)13(16)11-6-4-10(2)5-7-11/h4-7,12-13H,3,8,16H2,1-2H3,(H,17,18). The fraction of sp³-hybridized carbons (Fsp3) is 0.429. The summed E-state index contributed by atoms with van der Waals surface area (Å²) < 4.78 is 0. The smallest absolute Gasteiger partial charge is 0.241 e. The SMILES string of the molecule is CCC(CC#N)NC(=O)C(N)c1ccc(C)cc1. The van der Waals surface area contributed by atoms with Gasteiger partial charge >= 0.3 is 0 Å². The number of hydrogen-bond acceptors (Lipinski definition) is 3. The average molecular weight is 245 g/mol. The van der Waals surface area contributed by atoms with Gasteiger partial charge in [0.2, 0.25) is 5.91 Å². The predicted octanol–water partition coefficient (Wildman–Crippen LogP) is 1.80. The van der Waals surface area contributed by atoms with Crippen LogP contribution in [0.2, 0.25) is 0 Å². The molecular formula is C14H19N3O. The third-order valence-corrected chi connectivity index (χ3v) is 2.90. The van der Waals surface area contributed by atoms with E-state index in [2.05, 4.69) is 11.4 Å². The summed E-state index contributed by atoms with van der Waals surface area (Å²) in [5, 5.41) is 11.4. The molecule has 0 aliphatic rings. The number of aryl methyl sites for hydroxylation is 1. The van der Waals surface area contributed by atoms with Crippen molar-refractivity contribution in [2.24, 2.45) is 5.73 Å². The maximum absolute atomic E-state index is 11.9. The number of amides is 1. The van der Waals surface area contributed by atoms with E-state index in [0.717, 1.165) is 17.5 Å². The van der Waals surface area contributed by atoms with Crippen molar-refractivity contribution in [2.45, 2.75) is 38.8 Å². The molecule has 0 radical (unpaired) electrons. The molecule has 0 aliphatic carbocycles. The molecule has 1 rings (SSSR count). The van der Waals surface area contributed by atoms with Crippen molar-refractivity contribution >= 4 is 5.91 Å². The zero-order chi connectivity index (χ0) is 13.5. The molecule has 0 heterocycles. The first-order chi connectivity index (χ1) is 8.58. The number of nitrogens with two attached hydrogens (primary N) is 1. The Kier molecular flexibility index (Phi) is 5.34. The molecule has 4 heteroatoms. The van der Waals surface area contributed by atoms with Gasteiger partial charge in [0, 0.05) is 6.04 Å². The first-order valence-electron chi connectivity index (χ1n) is 6.08. The van der Waals surface area contributed by atoms with Gasteiger partial charge in [0.15, 0.2) is 0 Å². The molecular weight excluding hydrogens is 226 g/mol. The number of nitrogens with zero attached hydrogens (tertiary/aromatic N) is 1. The topological polar surface area (TPSA) is 78.9 Å². The number of carbonyl (C=O) groups excluding carboxylic acids is 1. The lowest BCUT2D eigenvalue weighted by atomic mass is 10.0. The van der Waals surface area contributed by atoms with E-state index in [1.54, 1.807) is 0 Å². The summed E-state index contributed by atoms with van der Waals surface area (Å²) in [5.74, 6) is -0.235. The van der Waals surface area contributed by atoms with Crippen LogP contribution in [0, 0.1) is 18.3 Å². The van der Waals surface area contributed by atoms with Gasteiger partial charge in [-0.2, -0.15) is 5.26 Å². The molecule has 0 aliphatic heterocycles. The molecule has 3 N–H and O–H groups in total. The van der Waals surface area contributed by atoms with Crippen LogP contribution in [0.1, 0.15) is 36.9 Å². The van der Waals surface area contributed by atoms with Crippen molar-refractivity contribution < 1.29 is 4.79 Å². The Labute approximate surface area is 108 Å². The fourth-order valence-corrected chi connectivity index (χ4v) is 1.62. The van der Waals surface area contributed by atoms with Crippen LogP contribution in [0.3, 0.4) is 0 Å². The second-order valence-corrected chi connectivity index (χ2v) is 4.36. The van der Waals surface area contributed by atoms with Crippen molar-refractivity contribution in [1.82, 2.24) is 5.32 Å². The molecule has 1 amide bonds. The van der Waals surface area contributed by atoms with E-state index in [9.17, 15) is 4.79 Å². The Balaban J connectivity index is 2.66. The van der Waals surface area contributed by atoms with Gasteiger partial charge in [-0.1, -0.05) is 36.8 Å². The molecule has 1 aromatic carbocycles. The Hall–Kier alpha value is -1.86. The molecule has 18 heavy (non-hydrogen) atoms. The molecule has 1 aromatic rings. The minimum atomic E-state index is -0.682. The van der Waals surface area contributed by atoms with Crippen LogP contribution in [-0.4, -0.2) is 11.9 Å². The summed E-state index contributed by atoms with van der Waals surface area (Å²) in [6.45, 7) is 3.91. The van der Waals surface area contributed by atoms with Crippen molar-refractivity contribution in [3.8, 4) is 6.07 Å². The molecule has 2 unspecified atom stereocenters. The van der Waals surface area contributed by atoms with Crippen LogP contribution in [0.25, 0.3) is 0 Å². The van der Waals surface area contributed by atoms with Crippen molar-refractivity contribution in [3.63, 3.8) is 0 Å². The molecule has 0 fully saturated rings. The zero-order valence-electron chi connectivity index (χ0n) is 10.8. The van der Waals surface area contributed by atoms with E-state index in [-0.39, 0.29) is 11.9 Å². The minimum Gasteiger partial charge on any atom is -0.351 e. The van der Waals surface area contributed by atoms with Gasteiger partial charge in [0.1, 0.15) is 6.04 Å². The van der Waals surface area contributed by atoms with Gasteiger partial charge in [-0.15, -0.1) is 0 Å². The van der Waals surface area contributed by atoms with Crippen LogP contribution < -0.4 is 11.1 Å². The van der Waals surface area contributed by atoms with Crippen molar-refractivity contribution in [3.05, 3.63) is 35.4 Å². The summed E-state index contributed by atoms with van der Waals surface area (Å²) in [7, 11) is 0. The van der Waals surface area contributed by atoms with E-state index < -0.39 is 6.04 Å². The molecule has 0 aromatic heterocycles. The molecule has 96 valence electrons. The highest BCUT2D eigenvalue weighted by Crippen LogP contribution is 2.12. The lowest BCUT2D eigenvalue weighted by Gasteiger charge is -2.17. The number of rotatable bonds is 5. The zero-order valence-corrected chi connectivity index (χ0v) is 10.8. The third-order valence-electron chi connectivity index (χ3n) is 2.90. The molecule has 0 saturated heterocycles. The highest BCUT2D eigenvalue weighted by molar-refractivity contribution is 5.83. The number of hydrogen-bond donors (Lipinski definition) is 2. The van der Waals surface area contributed by atoms with Crippen LogP contribution in [-0.2, 0) is 4.79 Å². The second kappa shape index (κ2) is 6.77. The number of benzene rings is 1. The molecule has 2 atom stereocenters. The van der Waals surface area contributed by atoms with Gasteiger partial charge in [0.25, 0.3) is 0 Å². The average Bonchev–Trinajstić information content (AvgIpc) is 2.38. The molecule has 0 saturated carbocycles. The van der Waals surface area contributed by atoms with Crippen LogP contribution >= 0.6 is 0 Å². The molecule has 0 spiro atoms. The highest BCUT2D eigenvalue weighted by atomic mass is 16.2. The lowest BCUT2D eigenvalue weighted by Crippen LogP contribution is -2.40. The Morgan fingerprint density at radius 3 is 2.56 bits per heavy atom. The van der Waals surface area contributed by atoms with E-state index in [0.29, 0.717) is 6.42 Å². The first kappa shape index (κ1) is 14.2. The normalized spacial score (nSPS) is 13.4. The van der Waals surface area contributed by atoms with Crippen LogP contribution in [0.5, 0.6) is 0 Å². The Morgan fingerprint density at radius 1 is 1.44 bits per heavy atom. The van der Waals surface area contributed by atoms with Gasteiger partial charge in [-0.3, -0.25) is 4.79 Å². The van der Waals surface area contributed by atoms with Crippen molar-refractivity contribution in [1.29, 1.82) is 5.26 Å². The summed E-state index contributed by atoms with van der Waals surface area (Å²) in [5.41, 5.74) is 7.80. The maximum Gasteiger partial charge on any atom is 0.241 e. The van der Waals surface area contributed by atoms with Gasteiger partial charge in [-0.05, 0) is 18.9 Å².